The normalized spacial score (nSPS) is 22.4. The third-order valence-corrected chi connectivity index (χ3v) is 6.06. The number of carbonyl (C=O) groups is 2. The number of ether oxygens (including phenoxy) is 3. The fraction of sp³-hybridized carbons (Fsp3) is 0.360. The second-order valence-electron chi connectivity index (χ2n) is 8.04. The molecule has 1 N–H and O–H groups in total. The van der Waals surface area contributed by atoms with Crippen LogP contribution >= 0.6 is 0 Å². The van der Waals surface area contributed by atoms with E-state index in [-0.39, 0.29) is 24.0 Å². The molecule has 0 spiro atoms. The van der Waals surface area contributed by atoms with Crippen LogP contribution in [0.25, 0.3) is 5.76 Å². The fourth-order valence-corrected chi connectivity index (χ4v) is 4.41. The third kappa shape index (κ3) is 3.96. The Morgan fingerprint density at radius 3 is 2.53 bits per heavy atom. The van der Waals surface area contributed by atoms with Crippen LogP contribution in [0.15, 0.2) is 48.0 Å². The minimum atomic E-state index is -0.740. The van der Waals surface area contributed by atoms with Gasteiger partial charge in [0.05, 0.1) is 31.9 Å². The van der Waals surface area contributed by atoms with Crippen LogP contribution in [-0.2, 0) is 14.3 Å². The van der Waals surface area contributed by atoms with Crippen LogP contribution in [0.4, 0.5) is 0 Å². The number of methoxy groups -OCH3 is 2. The van der Waals surface area contributed by atoms with Crippen molar-refractivity contribution in [1.82, 2.24) is 4.90 Å². The highest BCUT2D eigenvalue weighted by Gasteiger charge is 2.47. The van der Waals surface area contributed by atoms with Crippen LogP contribution in [0.3, 0.4) is 0 Å². The quantitative estimate of drug-likeness (QED) is 0.422. The minimum absolute atomic E-state index is 0.0644. The smallest absolute Gasteiger partial charge is 0.295 e. The van der Waals surface area contributed by atoms with Gasteiger partial charge in [0.15, 0.2) is 0 Å². The van der Waals surface area contributed by atoms with Crippen LogP contribution in [-0.4, -0.2) is 55.2 Å². The SMILES string of the molecule is COc1cccc(C2/C(=C(/O)c3ccc(OC)cc3C)C(=O)C(=O)N2CC2CCCO2)c1. The van der Waals surface area contributed by atoms with E-state index in [9.17, 15) is 14.7 Å². The molecule has 2 aliphatic rings. The Morgan fingerprint density at radius 1 is 1.12 bits per heavy atom. The predicted octanol–water partition coefficient (Wildman–Crippen LogP) is 3.61. The third-order valence-electron chi connectivity index (χ3n) is 6.06. The summed E-state index contributed by atoms with van der Waals surface area (Å²) < 4.78 is 16.3. The highest BCUT2D eigenvalue weighted by atomic mass is 16.5. The van der Waals surface area contributed by atoms with Crippen molar-refractivity contribution < 1.29 is 28.9 Å². The molecular formula is C25H27NO6. The van der Waals surface area contributed by atoms with Gasteiger partial charge in [-0.05, 0) is 61.2 Å². The number of aliphatic hydroxyl groups is 1. The molecule has 32 heavy (non-hydrogen) atoms. The Balaban J connectivity index is 1.85. The molecule has 168 valence electrons. The van der Waals surface area contributed by atoms with Crippen LogP contribution in [0.5, 0.6) is 11.5 Å². The number of aryl methyl sites for hydroxylation is 1. The van der Waals surface area contributed by atoms with E-state index in [4.69, 9.17) is 14.2 Å². The number of hydrogen-bond donors (Lipinski definition) is 1. The summed E-state index contributed by atoms with van der Waals surface area (Å²) in [6.07, 6.45) is 1.61. The highest BCUT2D eigenvalue weighted by Crippen LogP contribution is 2.41. The van der Waals surface area contributed by atoms with Crippen LogP contribution < -0.4 is 9.47 Å². The summed E-state index contributed by atoms with van der Waals surface area (Å²) in [6, 6.07) is 11.7. The Morgan fingerprint density at radius 2 is 1.88 bits per heavy atom. The van der Waals surface area contributed by atoms with Gasteiger partial charge in [-0.2, -0.15) is 0 Å². The maximum atomic E-state index is 13.2. The van der Waals surface area contributed by atoms with Gasteiger partial charge < -0.3 is 24.2 Å². The van der Waals surface area contributed by atoms with E-state index in [0.29, 0.717) is 29.2 Å². The van der Waals surface area contributed by atoms with Gasteiger partial charge in [-0.1, -0.05) is 12.1 Å². The lowest BCUT2D eigenvalue weighted by Gasteiger charge is -2.27. The second kappa shape index (κ2) is 9.04. The maximum Gasteiger partial charge on any atom is 0.295 e. The topological polar surface area (TPSA) is 85.3 Å². The first-order valence-corrected chi connectivity index (χ1v) is 10.6. The van der Waals surface area contributed by atoms with E-state index in [0.717, 1.165) is 18.4 Å². The van der Waals surface area contributed by atoms with E-state index >= 15 is 0 Å². The number of ketones is 1. The molecule has 2 unspecified atom stereocenters. The molecular weight excluding hydrogens is 410 g/mol. The Bertz CT molecular complexity index is 1070. The van der Waals surface area contributed by atoms with Gasteiger partial charge in [0.1, 0.15) is 17.3 Å². The number of rotatable bonds is 6. The fourth-order valence-electron chi connectivity index (χ4n) is 4.41. The van der Waals surface area contributed by atoms with Crippen molar-refractivity contribution in [2.75, 3.05) is 27.4 Å². The Kier molecular flexibility index (Phi) is 6.19. The predicted molar refractivity (Wildman–Crippen MR) is 119 cm³/mol. The second-order valence-corrected chi connectivity index (χ2v) is 8.04. The lowest BCUT2D eigenvalue weighted by molar-refractivity contribution is -0.140. The number of amides is 1. The van der Waals surface area contributed by atoms with Gasteiger partial charge in [-0.3, -0.25) is 9.59 Å². The summed E-state index contributed by atoms with van der Waals surface area (Å²) in [4.78, 5) is 27.8. The van der Waals surface area contributed by atoms with Crippen molar-refractivity contribution >= 4 is 17.4 Å². The first-order chi connectivity index (χ1) is 15.4. The monoisotopic (exact) mass is 437 g/mol. The van der Waals surface area contributed by atoms with Crippen molar-refractivity contribution in [2.45, 2.75) is 31.9 Å². The number of likely N-dealkylation sites (tertiary alicyclic amines) is 1. The maximum absolute atomic E-state index is 13.2. The molecule has 0 saturated carbocycles. The largest absolute Gasteiger partial charge is 0.507 e. The summed E-state index contributed by atoms with van der Waals surface area (Å²) in [7, 11) is 3.12. The highest BCUT2D eigenvalue weighted by molar-refractivity contribution is 6.46. The molecule has 2 saturated heterocycles. The molecule has 0 aliphatic carbocycles. The van der Waals surface area contributed by atoms with Crippen molar-refractivity contribution in [2.24, 2.45) is 0 Å². The van der Waals surface area contributed by atoms with Gasteiger partial charge in [-0.15, -0.1) is 0 Å². The first kappa shape index (κ1) is 21.9. The number of aliphatic hydroxyl groups excluding tert-OH is 1. The number of carbonyl (C=O) groups excluding carboxylic acids is 2. The molecule has 2 heterocycles. The molecule has 7 heteroatoms. The average Bonchev–Trinajstić information content (AvgIpc) is 3.41. The average molecular weight is 437 g/mol. The van der Waals surface area contributed by atoms with Gasteiger partial charge in [-0.25, -0.2) is 0 Å². The van der Waals surface area contributed by atoms with E-state index in [1.165, 1.54) is 4.90 Å². The summed E-state index contributed by atoms with van der Waals surface area (Å²) in [6.45, 7) is 2.74. The molecule has 7 nitrogen and oxygen atoms in total. The van der Waals surface area contributed by atoms with Gasteiger partial charge in [0, 0.05) is 18.7 Å². The Labute approximate surface area is 187 Å². The molecule has 2 aromatic rings. The van der Waals surface area contributed by atoms with Crippen LogP contribution in [0.1, 0.15) is 35.6 Å². The van der Waals surface area contributed by atoms with Crippen molar-refractivity contribution in [3.63, 3.8) is 0 Å². The zero-order chi connectivity index (χ0) is 22.8. The molecule has 1 amide bonds. The number of nitrogens with zero attached hydrogens (tertiary/aromatic N) is 1. The molecule has 4 rings (SSSR count). The molecule has 0 bridgehead atoms. The molecule has 0 radical (unpaired) electrons. The molecule has 2 aromatic carbocycles. The van der Waals surface area contributed by atoms with Crippen LogP contribution in [0.2, 0.25) is 0 Å². The standard InChI is InChI=1S/C25H27NO6/c1-15-12-18(31-3)9-10-20(15)23(27)21-22(16-6-4-7-17(13-16)30-2)26(25(29)24(21)28)14-19-8-5-11-32-19/h4,6-7,9-10,12-13,19,22,27H,5,8,11,14H2,1-3H3/b23-21-. The van der Waals surface area contributed by atoms with Gasteiger partial charge in [0.2, 0.25) is 0 Å². The lowest BCUT2D eigenvalue weighted by Crippen LogP contribution is -2.36. The summed E-state index contributed by atoms with van der Waals surface area (Å²) >= 11 is 0. The minimum Gasteiger partial charge on any atom is -0.507 e. The summed E-state index contributed by atoms with van der Waals surface area (Å²) in [5, 5.41) is 11.3. The number of Topliss-reactive ketones (excluding diaryl/α,β-unsaturated/α-hetero) is 1. The lowest BCUT2D eigenvalue weighted by atomic mass is 9.93. The van der Waals surface area contributed by atoms with E-state index in [2.05, 4.69) is 0 Å². The zero-order valence-corrected chi connectivity index (χ0v) is 18.5. The van der Waals surface area contributed by atoms with Gasteiger partial charge in [0.25, 0.3) is 11.7 Å². The van der Waals surface area contributed by atoms with E-state index < -0.39 is 17.7 Å². The summed E-state index contributed by atoms with van der Waals surface area (Å²) in [5.74, 6) is -0.302. The van der Waals surface area contributed by atoms with Crippen molar-refractivity contribution in [3.05, 3.63) is 64.7 Å². The van der Waals surface area contributed by atoms with E-state index in [1.807, 2.05) is 13.0 Å². The number of hydrogen-bond acceptors (Lipinski definition) is 6. The van der Waals surface area contributed by atoms with Gasteiger partial charge >= 0.3 is 0 Å². The summed E-state index contributed by atoms with van der Waals surface area (Å²) in [5.41, 5.74) is 1.97. The molecule has 0 aromatic heterocycles. The van der Waals surface area contributed by atoms with Crippen molar-refractivity contribution in [3.8, 4) is 11.5 Å². The molecule has 2 fully saturated rings. The zero-order valence-electron chi connectivity index (χ0n) is 18.5. The van der Waals surface area contributed by atoms with E-state index in [1.54, 1.807) is 50.6 Å². The first-order valence-electron chi connectivity index (χ1n) is 10.6. The Hall–Kier alpha value is -3.32. The van der Waals surface area contributed by atoms with Crippen LogP contribution in [0, 0.1) is 6.92 Å². The molecule has 2 atom stereocenters. The van der Waals surface area contributed by atoms with Crippen molar-refractivity contribution in [1.29, 1.82) is 0 Å². The molecule has 2 aliphatic heterocycles. The number of benzene rings is 2.